The van der Waals surface area contributed by atoms with Crippen LogP contribution in [0.4, 0.5) is 13.2 Å². The molecule has 0 aliphatic heterocycles. The molecule has 0 aromatic heterocycles. The van der Waals surface area contributed by atoms with Crippen molar-refractivity contribution in [2.45, 2.75) is 12.5 Å². The summed E-state index contributed by atoms with van der Waals surface area (Å²) < 4.78 is 39.8. The average Bonchev–Trinajstić information content (AvgIpc) is 2.38. The molecule has 0 bridgehead atoms. The van der Waals surface area contributed by atoms with Crippen molar-refractivity contribution in [1.82, 2.24) is 0 Å². The fourth-order valence-electron chi connectivity index (χ4n) is 1.76. The third-order valence-corrected chi connectivity index (χ3v) is 3.54. The van der Waals surface area contributed by atoms with E-state index in [1.807, 2.05) is 6.07 Å². The maximum absolute atomic E-state index is 13.1. The molecular formula is C14H10BrF3O. The number of rotatable bonds is 3. The molecule has 0 aliphatic rings. The van der Waals surface area contributed by atoms with Crippen molar-refractivity contribution in [3.05, 3.63) is 69.4 Å². The van der Waals surface area contributed by atoms with Gasteiger partial charge in [0.25, 0.3) is 0 Å². The predicted octanol–water partition coefficient (Wildman–Crippen LogP) is 4.14. The maximum atomic E-state index is 13.1. The van der Waals surface area contributed by atoms with Gasteiger partial charge in [-0.3, -0.25) is 0 Å². The lowest BCUT2D eigenvalue weighted by molar-refractivity contribution is 0.177. The zero-order valence-corrected chi connectivity index (χ0v) is 11.3. The standard InChI is InChI=1S/C14H10BrF3O/c15-10-4-2-1-3-8(10)7-13(19)9-5-11(16)14(18)12(17)6-9/h1-6,13,19H,7H2. The van der Waals surface area contributed by atoms with Gasteiger partial charge in [0.05, 0.1) is 6.10 Å². The van der Waals surface area contributed by atoms with E-state index >= 15 is 0 Å². The smallest absolute Gasteiger partial charge is 0.194 e. The largest absolute Gasteiger partial charge is 0.388 e. The van der Waals surface area contributed by atoms with Gasteiger partial charge in [-0.1, -0.05) is 34.1 Å². The summed E-state index contributed by atoms with van der Waals surface area (Å²) in [5, 5.41) is 9.96. The summed E-state index contributed by atoms with van der Waals surface area (Å²) >= 11 is 3.32. The predicted molar refractivity (Wildman–Crippen MR) is 69.1 cm³/mol. The van der Waals surface area contributed by atoms with Gasteiger partial charge in [0.15, 0.2) is 17.5 Å². The van der Waals surface area contributed by atoms with Crippen molar-refractivity contribution >= 4 is 15.9 Å². The molecular weight excluding hydrogens is 321 g/mol. The van der Waals surface area contributed by atoms with Crippen LogP contribution in [0.25, 0.3) is 0 Å². The molecule has 0 spiro atoms. The van der Waals surface area contributed by atoms with Crippen LogP contribution in [0.3, 0.4) is 0 Å². The van der Waals surface area contributed by atoms with Gasteiger partial charge in [-0.2, -0.15) is 0 Å². The molecule has 0 heterocycles. The highest BCUT2D eigenvalue weighted by molar-refractivity contribution is 9.10. The summed E-state index contributed by atoms with van der Waals surface area (Å²) in [6.45, 7) is 0. The normalized spacial score (nSPS) is 12.5. The van der Waals surface area contributed by atoms with Gasteiger partial charge in [0, 0.05) is 10.9 Å². The molecule has 1 nitrogen and oxygen atoms in total. The van der Waals surface area contributed by atoms with Crippen molar-refractivity contribution < 1.29 is 18.3 Å². The van der Waals surface area contributed by atoms with E-state index in [4.69, 9.17) is 0 Å². The number of benzene rings is 2. The fraction of sp³-hybridized carbons (Fsp3) is 0.143. The first-order valence-electron chi connectivity index (χ1n) is 5.55. The molecule has 0 fully saturated rings. The molecule has 19 heavy (non-hydrogen) atoms. The quantitative estimate of drug-likeness (QED) is 0.838. The topological polar surface area (TPSA) is 20.2 Å². The van der Waals surface area contributed by atoms with Crippen molar-refractivity contribution in [1.29, 1.82) is 0 Å². The lowest BCUT2D eigenvalue weighted by Gasteiger charge is -2.13. The van der Waals surface area contributed by atoms with Crippen LogP contribution >= 0.6 is 15.9 Å². The summed E-state index contributed by atoms with van der Waals surface area (Å²) in [5.74, 6) is -4.14. The van der Waals surface area contributed by atoms with Crippen LogP contribution in [0.5, 0.6) is 0 Å². The number of hydrogen-bond donors (Lipinski definition) is 1. The molecule has 2 rings (SSSR count). The number of aliphatic hydroxyl groups excluding tert-OH is 1. The second-order valence-corrected chi connectivity index (χ2v) is 4.96. The maximum Gasteiger partial charge on any atom is 0.194 e. The van der Waals surface area contributed by atoms with Crippen molar-refractivity contribution in [3.63, 3.8) is 0 Å². The highest BCUT2D eigenvalue weighted by Crippen LogP contribution is 2.25. The summed E-state index contributed by atoms with van der Waals surface area (Å²) in [5.41, 5.74) is 0.798. The Kier molecular flexibility index (Phi) is 4.27. The number of halogens is 4. The zero-order valence-electron chi connectivity index (χ0n) is 9.71. The third kappa shape index (κ3) is 3.16. The molecule has 1 atom stereocenters. The Bertz CT molecular complexity index is 578. The Labute approximate surface area is 116 Å². The van der Waals surface area contributed by atoms with Gasteiger partial charge in [-0.05, 0) is 29.3 Å². The third-order valence-electron chi connectivity index (χ3n) is 2.76. The van der Waals surface area contributed by atoms with Crippen LogP contribution < -0.4 is 0 Å². The van der Waals surface area contributed by atoms with Crippen molar-refractivity contribution in [2.75, 3.05) is 0 Å². The Balaban J connectivity index is 2.26. The molecule has 1 N–H and O–H groups in total. The van der Waals surface area contributed by atoms with Crippen LogP contribution in [0, 0.1) is 17.5 Å². The van der Waals surface area contributed by atoms with E-state index in [1.165, 1.54) is 0 Å². The molecule has 0 saturated heterocycles. The highest BCUT2D eigenvalue weighted by atomic mass is 79.9. The first-order valence-corrected chi connectivity index (χ1v) is 6.34. The highest BCUT2D eigenvalue weighted by Gasteiger charge is 2.16. The molecule has 0 saturated carbocycles. The molecule has 0 amide bonds. The number of hydrogen-bond acceptors (Lipinski definition) is 1. The van der Waals surface area contributed by atoms with E-state index < -0.39 is 23.6 Å². The van der Waals surface area contributed by atoms with Crippen molar-refractivity contribution in [3.8, 4) is 0 Å². The average molecular weight is 331 g/mol. The second kappa shape index (κ2) is 5.75. The Hall–Kier alpha value is -1.33. The van der Waals surface area contributed by atoms with Gasteiger partial charge in [0.2, 0.25) is 0 Å². The Morgan fingerprint density at radius 2 is 1.63 bits per heavy atom. The van der Waals surface area contributed by atoms with Crippen LogP contribution in [0.2, 0.25) is 0 Å². The van der Waals surface area contributed by atoms with E-state index in [9.17, 15) is 18.3 Å². The number of aliphatic hydroxyl groups is 1. The lowest BCUT2D eigenvalue weighted by atomic mass is 10.0. The molecule has 5 heteroatoms. The molecule has 1 unspecified atom stereocenters. The van der Waals surface area contributed by atoms with E-state index in [-0.39, 0.29) is 12.0 Å². The second-order valence-electron chi connectivity index (χ2n) is 4.11. The van der Waals surface area contributed by atoms with Gasteiger partial charge in [-0.25, -0.2) is 13.2 Å². The van der Waals surface area contributed by atoms with Gasteiger partial charge < -0.3 is 5.11 Å². The molecule has 2 aromatic rings. The minimum atomic E-state index is -1.53. The minimum Gasteiger partial charge on any atom is -0.388 e. The Morgan fingerprint density at radius 1 is 1.05 bits per heavy atom. The van der Waals surface area contributed by atoms with E-state index in [1.54, 1.807) is 18.2 Å². The van der Waals surface area contributed by atoms with E-state index in [2.05, 4.69) is 15.9 Å². The van der Waals surface area contributed by atoms with Gasteiger partial charge in [-0.15, -0.1) is 0 Å². The summed E-state index contributed by atoms with van der Waals surface area (Å²) in [6, 6.07) is 8.80. The monoisotopic (exact) mass is 330 g/mol. The minimum absolute atomic E-state index is 0.00662. The summed E-state index contributed by atoms with van der Waals surface area (Å²) in [7, 11) is 0. The van der Waals surface area contributed by atoms with Crippen LogP contribution in [-0.4, -0.2) is 5.11 Å². The lowest BCUT2D eigenvalue weighted by Crippen LogP contribution is -2.05. The zero-order chi connectivity index (χ0) is 14.0. The van der Waals surface area contributed by atoms with Crippen molar-refractivity contribution in [2.24, 2.45) is 0 Å². The van der Waals surface area contributed by atoms with E-state index in [0.717, 1.165) is 22.2 Å². The van der Waals surface area contributed by atoms with Gasteiger partial charge >= 0.3 is 0 Å². The van der Waals surface area contributed by atoms with Crippen LogP contribution in [0.15, 0.2) is 40.9 Å². The fourth-order valence-corrected chi connectivity index (χ4v) is 2.20. The first-order chi connectivity index (χ1) is 8.99. The summed E-state index contributed by atoms with van der Waals surface area (Å²) in [6.07, 6.45) is -0.936. The molecule has 0 radical (unpaired) electrons. The molecule has 100 valence electrons. The van der Waals surface area contributed by atoms with Gasteiger partial charge in [0.1, 0.15) is 0 Å². The molecule has 0 aliphatic carbocycles. The van der Waals surface area contributed by atoms with E-state index in [0.29, 0.717) is 0 Å². The Morgan fingerprint density at radius 3 is 2.21 bits per heavy atom. The van der Waals surface area contributed by atoms with Crippen LogP contribution in [0.1, 0.15) is 17.2 Å². The summed E-state index contributed by atoms with van der Waals surface area (Å²) in [4.78, 5) is 0. The SMILES string of the molecule is OC(Cc1ccccc1Br)c1cc(F)c(F)c(F)c1. The first kappa shape index (κ1) is 14.1. The molecule has 2 aromatic carbocycles. The van der Waals surface area contributed by atoms with Crippen LogP contribution in [-0.2, 0) is 6.42 Å².